The van der Waals surface area contributed by atoms with E-state index in [2.05, 4.69) is 5.32 Å². The summed E-state index contributed by atoms with van der Waals surface area (Å²) < 4.78 is 74.6. The number of carbonyl (C=O) groups is 2. The van der Waals surface area contributed by atoms with Crippen LogP contribution in [-0.4, -0.2) is 332 Å². The zero-order chi connectivity index (χ0) is 57.7. The summed E-state index contributed by atoms with van der Waals surface area (Å²) in [7, 11) is 0. The van der Waals surface area contributed by atoms with Crippen molar-refractivity contribution >= 4 is 11.9 Å². The summed E-state index contributed by atoms with van der Waals surface area (Å²) in [5, 5.41) is 198. The third kappa shape index (κ3) is 12.9. The fourth-order valence-electron chi connectivity index (χ4n) is 10.1. The summed E-state index contributed by atoms with van der Waals surface area (Å²) in [5.41, 5.74) is 0. The van der Waals surface area contributed by atoms with Crippen molar-refractivity contribution in [1.29, 1.82) is 0 Å². The Balaban J connectivity index is 1.11. The lowest BCUT2D eigenvalue weighted by atomic mass is 9.95. The van der Waals surface area contributed by atoms with Gasteiger partial charge >= 0.3 is 5.97 Å². The number of hydrogen-bond acceptors (Lipinski definition) is 32. The Morgan fingerprint density at radius 2 is 0.744 bits per heavy atom. The van der Waals surface area contributed by atoms with Gasteiger partial charge in [0.15, 0.2) is 50.1 Å². The Hall–Kier alpha value is -2.26. The minimum atomic E-state index is -2.37. The van der Waals surface area contributed by atoms with Gasteiger partial charge in [-0.1, -0.05) is 0 Å². The molecule has 0 aromatic heterocycles. The van der Waals surface area contributed by atoms with Crippen molar-refractivity contribution in [3.05, 3.63) is 0 Å². The molecule has 0 bridgehead atoms. The van der Waals surface area contributed by atoms with Crippen molar-refractivity contribution in [2.45, 2.75) is 249 Å². The van der Waals surface area contributed by atoms with Crippen LogP contribution in [0.5, 0.6) is 0 Å². The first-order valence-corrected chi connectivity index (χ1v) is 25.1. The van der Waals surface area contributed by atoms with Gasteiger partial charge in [0.1, 0.15) is 140 Å². The topological polar surface area (TPSA) is 530 Å². The fourth-order valence-corrected chi connectivity index (χ4v) is 10.1. The maximum atomic E-state index is 12.6. The summed E-state index contributed by atoms with van der Waals surface area (Å²) in [6.07, 6.45) is -64.5. The summed E-state index contributed by atoms with van der Waals surface area (Å²) in [6.45, 7) is 4.31. The van der Waals surface area contributed by atoms with Gasteiger partial charge in [0.25, 0.3) is 0 Å². The normalized spacial score (nSPS) is 53.3. The largest absolute Gasteiger partial charge is 0.479 e. The molecule has 0 aromatic rings. The second-order valence-corrected chi connectivity index (χ2v) is 20.3. The average Bonchev–Trinajstić information content (AvgIpc) is 3.45. The van der Waals surface area contributed by atoms with E-state index < -0.39 is 240 Å². The van der Waals surface area contributed by atoms with E-state index in [1.54, 1.807) is 0 Å². The molecule has 7 heterocycles. The van der Waals surface area contributed by atoms with E-state index in [4.69, 9.17) is 61.6 Å². The molecule has 7 aliphatic heterocycles. The molecule has 34 nitrogen and oxygen atoms in total. The number of rotatable bonds is 16. The molecule has 35 atom stereocenters. The lowest BCUT2D eigenvalue weighted by Gasteiger charge is -2.50. The van der Waals surface area contributed by atoms with Crippen molar-refractivity contribution in [1.82, 2.24) is 5.32 Å². The summed E-state index contributed by atoms with van der Waals surface area (Å²) in [4.78, 5) is 24.5. The van der Waals surface area contributed by atoms with Crippen LogP contribution in [0.2, 0.25) is 0 Å². The maximum Gasteiger partial charge on any atom is 0.335 e. The predicted octanol–water partition coefficient (Wildman–Crippen LogP) is -11.9. The monoisotopic (exact) mass is 1140 g/mol. The minimum Gasteiger partial charge on any atom is -0.479 e. The van der Waals surface area contributed by atoms with Crippen molar-refractivity contribution in [2.75, 3.05) is 13.2 Å². The van der Waals surface area contributed by atoms with Gasteiger partial charge in [-0.05, 0) is 27.7 Å². The third-order valence-electron chi connectivity index (χ3n) is 14.8. The molecule has 0 aromatic carbocycles. The van der Waals surface area contributed by atoms with Gasteiger partial charge in [0.2, 0.25) is 5.91 Å². The minimum absolute atomic E-state index is 0.716. The number of carboxylic acid groups (broad SMARTS) is 1. The van der Waals surface area contributed by atoms with Crippen LogP contribution in [0.25, 0.3) is 0 Å². The molecule has 34 heteroatoms. The van der Waals surface area contributed by atoms with Gasteiger partial charge in [0.05, 0.1) is 37.6 Å². The van der Waals surface area contributed by atoms with Gasteiger partial charge in [-0.3, -0.25) is 4.79 Å². The van der Waals surface area contributed by atoms with Crippen molar-refractivity contribution in [3.8, 4) is 0 Å². The molecule has 0 spiro atoms. The van der Waals surface area contributed by atoms with Gasteiger partial charge in [-0.15, -0.1) is 0 Å². The second-order valence-electron chi connectivity index (χ2n) is 20.3. The summed E-state index contributed by atoms with van der Waals surface area (Å²) in [5.74, 6) is -2.59. The quantitative estimate of drug-likeness (QED) is 0.0682. The Morgan fingerprint density at radius 3 is 1.24 bits per heavy atom. The number of carbonyl (C=O) groups excluding carboxylic acids is 1. The Bertz CT molecular complexity index is 1950. The first kappa shape index (κ1) is 63.3. The van der Waals surface area contributed by atoms with E-state index in [1.807, 2.05) is 0 Å². The lowest BCUT2D eigenvalue weighted by Crippen LogP contribution is -2.69. The number of amides is 1. The standard InChI is InChI=1S/C44H73NO33/c1-8-16(49)21(54)26(59)39(66-8)76-34-22(55)17(50)10(3)68-43(34)77-36-24(57)19(52)13(6-46)71-44(36)78-35-23(56)18(51)9(2)67-42(35)74-32-28(61)33(37(63)64)75-41(29(32)62)72-30-11(4)69-40(27(60)25(30)58)73-31-15(45-12(5)48)38(65)70-14(7-47)20(31)53/h8-11,13-36,38-44,46-47,49-62,65H,6-7H2,1-5H3,(H,45,48)(H,63,64)/t8-,9-,10-,11-,13+,14+,15+,16-,17+,18+,19-,20+,21+,22+,23+,24-,25-,26+,27+,28-,29+,30-,31+,32-,33-,34-,35-,36+,38+,39-,40-,41+,42-,43-,44+/m0/s1. The smallest absolute Gasteiger partial charge is 0.335 e. The summed E-state index contributed by atoms with van der Waals surface area (Å²) in [6, 6.07) is -1.51. The van der Waals surface area contributed by atoms with Crippen LogP contribution >= 0.6 is 0 Å². The van der Waals surface area contributed by atoms with E-state index in [0.29, 0.717) is 0 Å². The Kier molecular flexibility index (Phi) is 21.2. The van der Waals surface area contributed by atoms with E-state index in [-0.39, 0.29) is 0 Å². The Labute approximate surface area is 442 Å². The molecule has 1 amide bonds. The number of ether oxygens (including phenoxy) is 13. The molecule has 0 radical (unpaired) electrons. The second kappa shape index (κ2) is 26.1. The summed E-state index contributed by atoms with van der Waals surface area (Å²) >= 11 is 0. The SMILES string of the molecule is CC(=O)N[C@@H]1[C@@H](O[C@@H]2O[C@@H](C)[C@H](O[C@@H]3O[C@H](C(=O)O)[C@@H](O)[C@H](O[C@@H]4O[C@@H](C)[C@@H](O)[C@@H](O)[C@@H]4O[C@H]4O[C@H](CO)[C@H](O)[C@H](O)[C@H]4O[C@@H]4O[C@@H](C)[C@@H](O)[C@@H](O)[C@@H]4O[C@@H]4O[C@@H](C)[C@H](O)[C@@H](O)[C@H]4O)[C@H]3O)[C@@H](O)[C@H]2O)[C@H](O)[C@@H](CO)O[C@H]1O. The highest BCUT2D eigenvalue weighted by Gasteiger charge is 2.59. The molecule has 7 saturated heterocycles. The van der Waals surface area contributed by atoms with Gasteiger partial charge in [0, 0.05) is 6.92 Å². The van der Waals surface area contributed by atoms with Crippen LogP contribution < -0.4 is 5.32 Å². The number of nitrogens with one attached hydrogen (secondary N) is 1. The lowest BCUT2D eigenvalue weighted by molar-refractivity contribution is -0.410. The molecule has 0 saturated carbocycles. The molecular weight excluding hydrogens is 1070 g/mol. The van der Waals surface area contributed by atoms with Crippen molar-refractivity contribution < 1.29 is 163 Å². The molecule has 7 fully saturated rings. The van der Waals surface area contributed by atoms with Crippen LogP contribution in [0.1, 0.15) is 34.6 Å². The molecule has 0 aliphatic carbocycles. The van der Waals surface area contributed by atoms with E-state index in [0.717, 1.165) is 6.92 Å². The first-order chi connectivity index (χ1) is 36.6. The molecule has 19 N–H and O–H groups in total. The number of aliphatic hydroxyl groups is 17. The van der Waals surface area contributed by atoms with Crippen LogP contribution in [0.4, 0.5) is 0 Å². The van der Waals surface area contributed by atoms with E-state index in [9.17, 15) is 102 Å². The van der Waals surface area contributed by atoms with Gasteiger partial charge < -0.3 is 159 Å². The Morgan fingerprint density at radius 1 is 0.372 bits per heavy atom. The number of aliphatic hydroxyl groups excluding tert-OH is 17. The molecule has 452 valence electrons. The highest BCUT2D eigenvalue weighted by molar-refractivity contribution is 5.73. The number of aliphatic carboxylic acids is 1. The first-order valence-electron chi connectivity index (χ1n) is 25.1. The maximum absolute atomic E-state index is 12.6. The van der Waals surface area contributed by atoms with Crippen molar-refractivity contribution in [3.63, 3.8) is 0 Å². The van der Waals surface area contributed by atoms with E-state index in [1.165, 1.54) is 27.7 Å². The molecule has 7 rings (SSSR count). The molecule has 78 heavy (non-hydrogen) atoms. The molecular formula is C44H73NO33. The fraction of sp³-hybridized carbons (Fsp3) is 0.955. The van der Waals surface area contributed by atoms with Crippen molar-refractivity contribution in [2.24, 2.45) is 0 Å². The highest BCUT2D eigenvalue weighted by Crippen LogP contribution is 2.38. The number of hydrogen-bond donors (Lipinski definition) is 19. The van der Waals surface area contributed by atoms with Crippen LogP contribution in [0.3, 0.4) is 0 Å². The number of carboxylic acids is 1. The predicted molar refractivity (Wildman–Crippen MR) is 238 cm³/mol. The van der Waals surface area contributed by atoms with Crippen LogP contribution in [-0.2, 0) is 71.2 Å². The molecule has 0 unspecified atom stereocenters. The van der Waals surface area contributed by atoms with E-state index >= 15 is 0 Å². The zero-order valence-electron chi connectivity index (χ0n) is 42.3. The highest BCUT2D eigenvalue weighted by atomic mass is 16.8. The average molecular weight is 1140 g/mol. The van der Waals surface area contributed by atoms with Crippen LogP contribution in [0, 0.1) is 0 Å². The van der Waals surface area contributed by atoms with Gasteiger partial charge in [-0.25, -0.2) is 4.79 Å². The third-order valence-corrected chi connectivity index (χ3v) is 14.8. The molecule has 7 aliphatic rings. The van der Waals surface area contributed by atoms with Crippen LogP contribution in [0.15, 0.2) is 0 Å². The zero-order valence-corrected chi connectivity index (χ0v) is 42.3. The van der Waals surface area contributed by atoms with Gasteiger partial charge in [-0.2, -0.15) is 0 Å².